The second-order valence-electron chi connectivity index (χ2n) is 4.84. The summed E-state index contributed by atoms with van der Waals surface area (Å²) in [6, 6.07) is 0. The Morgan fingerprint density at radius 1 is 1.26 bits per heavy atom. The molecule has 23 heavy (non-hydrogen) atoms. The van der Waals surface area contributed by atoms with Crippen molar-refractivity contribution in [3.63, 3.8) is 0 Å². The SMILES string of the molecule is CCOC(=O)C#CC1=CC(C)=C(CC)CN1/C=C/C(=O)OCC. The van der Waals surface area contributed by atoms with E-state index in [0.29, 0.717) is 18.8 Å². The highest BCUT2D eigenvalue weighted by Gasteiger charge is 2.15. The molecule has 0 saturated heterocycles. The average Bonchev–Trinajstić information content (AvgIpc) is 2.52. The maximum atomic E-state index is 11.5. The van der Waals surface area contributed by atoms with Crippen molar-refractivity contribution in [2.24, 2.45) is 0 Å². The zero-order valence-corrected chi connectivity index (χ0v) is 14.1. The molecule has 0 aromatic rings. The lowest BCUT2D eigenvalue weighted by Crippen LogP contribution is -2.23. The number of ether oxygens (including phenoxy) is 2. The molecule has 0 aliphatic carbocycles. The van der Waals surface area contributed by atoms with Gasteiger partial charge in [-0.05, 0) is 50.3 Å². The molecule has 1 heterocycles. The van der Waals surface area contributed by atoms with E-state index < -0.39 is 11.9 Å². The molecule has 0 aromatic carbocycles. The van der Waals surface area contributed by atoms with E-state index >= 15 is 0 Å². The van der Waals surface area contributed by atoms with Crippen LogP contribution in [0.4, 0.5) is 0 Å². The first-order chi connectivity index (χ1) is 11.0. The molecule has 0 unspecified atom stereocenters. The largest absolute Gasteiger partial charge is 0.463 e. The second-order valence-corrected chi connectivity index (χ2v) is 4.84. The minimum absolute atomic E-state index is 0.290. The van der Waals surface area contributed by atoms with Crippen molar-refractivity contribution in [3.8, 4) is 11.8 Å². The molecule has 0 bridgehead atoms. The lowest BCUT2D eigenvalue weighted by atomic mass is 10.0. The van der Waals surface area contributed by atoms with Gasteiger partial charge in [0.15, 0.2) is 0 Å². The highest BCUT2D eigenvalue weighted by atomic mass is 16.5. The van der Waals surface area contributed by atoms with Gasteiger partial charge in [-0.15, -0.1) is 0 Å². The number of hydrogen-bond donors (Lipinski definition) is 0. The summed E-state index contributed by atoms with van der Waals surface area (Å²) in [5.74, 6) is 4.30. The van der Waals surface area contributed by atoms with Crippen LogP contribution in [0.1, 0.15) is 34.1 Å². The van der Waals surface area contributed by atoms with Gasteiger partial charge in [-0.2, -0.15) is 0 Å². The first kappa shape index (κ1) is 18.6. The predicted octanol–water partition coefficient (Wildman–Crippen LogP) is 2.56. The van der Waals surface area contributed by atoms with Crippen molar-refractivity contribution in [1.29, 1.82) is 0 Å². The Bertz CT molecular complexity index is 602. The Hall–Kier alpha value is -2.48. The minimum Gasteiger partial charge on any atom is -0.463 e. The molecule has 0 aromatic heterocycles. The molecule has 0 fully saturated rings. The number of carbonyl (C=O) groups is 2. The first-order valence-electron chi connectivity index (χ1n) is 7.72. The molecule has 0 radical (unpaired) electrons. The second kappa shape index (κ2) is 9.52. The number of allylic oxidation sites excluding steroid dienone is 3. The lowest BCUT2D eigenvalue weighted by molar-refractivity contribution is -0.137. The van der Waals surface area contributed by atoms with Crippen LogP contribution < -0.4 is 0 Å². The summed E-state index contributed by atoms with van der Waals surface area (Å²) in [7, 11) is 0. The maximum absolute atomic E-state index is 11.5. The molecule has 124 valence electrons. The molecule has 1 aliphatic rings. The quantitative estimate of drug-likeness (QED) is 0.337. The molecule has 1 aliphatic heterocycles. The van der Waals surface area contributed by atoms with Gasteiger partial charge in [0, 0.05) is 24.7 Å². The summed E-state index contributed by atoms with van der Waals surface area (Å²) in [6.07, 6.45) is 5.80. The van der Waals surface area contributed by atoms with E-state index in [1.54, 1.807) is 20.0 Å². The number of hydrogen-bond acceptors (Lipinski definition) is 5. The van der Waals surface area contributed by atoms with Crippen LogP contribution in [0, 0.1) is 11.8 Å². The fourth-order valence-electron chi connectivity index (χ4n) is 2.06. The van der Waals surface area contributed by atoms with E-state index in [4.69, 9.17) is 9.47 Å². The Morgan fingerprint density at radius 3 is 2.57 bits per heavy atom. The van der Waals surface area contributed by atoms with Crippen LogP contribution >= 0.6 is 0 Å². The van der Waals surface area contributed by atoms with E-state index in [-0.39, 0.29) is 6.61 Å². The Balaban J connectivity index is 3.00. The normalized spacial score (nSPS) is 14.3. The first-order valence-corrected chi connectivity index (χ1v) is 7.72. The minimum atomic E-state index is -0.564. The fraction of sp³-hybridized carbons (Fsp3) is 0.444. The zero-order chi connectivity index (χ0) is 17.2. The van der Waals surface area contributed by atoms with Crippen LogP contribution in [-0.2, 0) is 19.1 Å². The summed E-state index contributed by atoms with van der Waals surface area (Å²) in [5.41, 5.74) is 3.02. The Kier molecular flexibility index (Phi) is 7.69. The van der Waals surface area contributed by atoms with E-state index in [1.807, 2.05) is 17.9 Å². The smallest absolute Gasteiger partial charge is 0.384 e. The van der Waals surface area contributed by atoms with Gasteiger partial charge in [-0.25, -0.2) is 9.59 Å². The monoisotopic (exact) mass is 317 g/mol. The third-order valence-corrected chi connectivity index (χ3v) is 3.25. The van der Waals surface area contributed by atoms with Crippen molar-refractivity contribution in [3.05, 3.63) is 35.2 Å². The molecule has 1 rings (SSSR count). The fourth-order valence-corrected chi connectivity index (χ4v) is 2.06. The molecule has 0 N–H and O–H groups in total. The number of rotatable bonds is 5. The van der Waals surface area contributed by atoms with Crippen LogP contribution in [0.3, 0.4) is 0 Å². The van der Waals surface area contributed by atoms with Crippen molar-refractivity contribution in [2.45, 2.75) is 34.1 Å². The lowest BCUT2D eigenvalue weighted by Gasteiger charge is -2.26. The van der Waals surface area contributed by atoms with Crippen molar-refractivity contribution >= 4 is 11.9 Å². The van der Waals surface area contributed by atoms with Gasteiger partial charge in [0.1, 0.15) is 0 Å². The molecular weight excluding hydrogens is 294 g/mol. The molecule has 0 amide bonds. The van der Waals surface area contributed by atoms with Gasteiger partial charge < -0.3 is 14.4 Å². The highest BCUT2D eigenvalue weighted by Crippen LogP contribution is 2.22. The van der Waals surface area contributed by atoms with Crippen LogP contribution in [-0.4, -0.2) is 36.6 Å². The highest BCUT2D eigenvalue weighted by molar-refractivity contribution is 5.89. The third kappa shape index (κ3) is 6.03. The van der Waals surface area contributed by atoms with Gasteiger partial charge in [0.25, 0.3) is 0 Å². The summed E-state index contributed by atoms with van der Waals surface area (Å²) in [4.78, 5) is 24.7. The molecule has 0 saturated carbocycles. The third-order valence-electron chi connectivity index (χ3n) is 3.25. The Labute approximate surface area is 137 Å². The summed E-state index contributed by atoms with van der Waals surface area (Å²) < 4.78 is 9.68. The standard InChI is InChI=1S/C18H23NO4/c1-5-15-13-19(11-10-18(21)23-7-3)16(12-14(15)4)8-9-17(20)22-6-2/h10-12H,5-7,13H2,1-4H3/b11-10+. The van der Waals surface area contributed by atoms with Crippen LogP contribution in [0.2, 0.25) is 0 Å². The Morgan fingerprint density at radius 2 is 1.96 bits per heavy atom. The van der Waals surface area contributed by atoms with Gasteiger partial charge in [-0.3, -0.25) is 0 Å². The van der Waals surface area contributed by atoms with Gasteiger partial charge >= 0.3 is 11.9 Å². The van der Waals surface area contributed by atoms with E-state index in [9.17, 15) is 9.59 Å². The average molecular weight is 317 g/mol. The van der Waals surface area contributed by atoms with E-state index in [1.165, 1.54) is 11.6 Å². The maximum Gasteiger partial charge on any atom is 0.384 e. The summed E-state index contributed by atoms with van der Waals surface area (Å²) in [6.45, 7) is 8.82. The molecule has 0 spiro atoms. The van der Waals surface area contributed by atoms with Gasteiger partial charge in [0.2, 0.25) is 0 Å². The number of carbonyl (C=O) groups excluding carboxylic acids is 2. The molecular formula is C18H23NO4. The van der Waals surface area contributed by atoms with Gasteiger partial charge in [-0.1, -0.05) is 6.92 Å². The van der Waals surface area contributed by atoms with Crippen molar-refractivity contribution < 1.29 is 19.1 Å². The zero-order valence-electron chi connectivity index (χ0n) is 14.1. The molecule has 5 nitrogen and oxygen atoms in total. The van der Waals surface area contributed by atoms with Gasteiger partial charge in [0.05, 0.1) is 18.9 Å². The van der Waals surface area contributed by atoms with Crippen molar-refractivity contribution in [1.82, 2.24) is 4.90 Å². The number of esters is 2. The molecule has 0 atom stereocenters. The molecule has 5 heteroatoms. The van der Waals surface area contributed by atoms with Crippen molar-refractivity contribution in [2.75, 3.05) is 19.8 Å². The summed E-state index contributed by atoms with van der Waals surface area (Å²) >= 11 is 0. The van der Waals surface area contributed by atoms with Crippen LogP contribution in [0.25, 0.3) is 0 Å². The topological polar surface area (TPSA) is 55.8 Å². The predicted molar refractivity (Wildman–Crippen MR) is 88.0 cm³/mol. The van der Waals surface area contributed by atoms with E-state index in [2.05, 4.69) is 18.8 Å². The number of nitrogens with zero attached hydrogens (tertiary/aromatic N) is 1. The van der Waals surface area contributed by atoms with Crippen LogP contribution in [0.15, 0.2) is 35.2 Å². The van der Waals surface area contributed by atoms with Crippen LogP contribution in [0.5, 0.6) is 0 Å². The van der Waals surface area contributed by atoms with E-state index in [0.717, 1.165) is 12.0 Å². The summed E-state index contributed by atoms with van der Waals surface area (Å²) in [5, 5.41) is 0.